The van der Waals surface area contributed by atoms with Gasteiger partial charge < -0.3 is 5.32 Å². The molecule has 0 saturated carbocycles. The van der Waals surface area contributed by atoms with E-state index >= 15 is 0 Å². The normalized spacial score (nSPS) is 10.4. The number of para-hydroxylation sites is 1. The molecular weight excluding hydrogens is 288 g/mol. The smallest absolute Gasteiger partial charge is 0.283 e. The molecule has 1 aromatic carbocycles. The third-order valence-corrected chi connectivity index (χ3v) is 3.98. The van der Waals surface area contributed by atoms with Crippen LogP contribution in [0.5, 0.6) is 0 Å². The van der Waals surface area contributed by atoms with Crippen LogP contribution in [0.2, 0.25) is 0 Å². The molecule has 0 aliphatic carbocycles. The molecule has 0 aliphatic heterocycles. The van der Waals surface area contributed by atoms with E-state index in [0.29, 0.717) is 4.90 Å². The quantitative estimate of drug-likeness (QED) is 0.499. The van der Waals surface area contributed by atoms with Crippen LogP contribution in [0.3, 0.4) is 0 Å². The molecule has 2 rings (SSSR count). The third kappa shape index (κ3) is 3.49. The second-order valence-corrected chi connectivity index (χ2v) is 5.25. The van der Waals surface area contributed by atoms with E-state index in [4.69, 9.17) is 0 Å². The molecule has 2 aromatic rings. The highest BCUT2D eigenvalue weighted by atomic mass is 32.2. The van der Waals surface area contributed by atoms with Crippen molar-refractivity contribution in [2.45, 2.75) is 30.2 Å². The number of nitro benzene ring substituents is 1. The van der Waals surface area contributed by atoms with Crippen LogP contribution >= 0.6 is 11.8 Å². The van der Waals surface area contributed by atoms with Gasteiger partial charge in [-0.15, -0.1) is 0 Å². The van der Waals surface area contributed by atoms with Gasteiger partial charge in [-0.25, -0.2) is 9.97 Å². The Morgan fingerprint density at radius 2 is 2.05 bits per heavy atom. The molecule has 0 bridgehead atoms. The van der Waals surface area contributed by atoms with E-state index in [0.717, 1.165) is 29.4 Å². The van der Waals surface area contributed by atoms with E-state index in [1.165, 1.54) is 24.2 Å². The summed E-state index contributed by atoms with van der Waals surface area (Å²) in [7, 11) is 0. The molecule has 0 atom stereocenters. The number of hydrogen-bond donors (Lipinski definition) is 1. The summed E-state index contributed by atoms with van der Waals surface area (Å²) in [5.41, 5.74) is 1.07. The molecule has 0 unspecified atom stereocenters. The fourth-order valence-electron chi connectivity index (χ4n) is 1.92. The highest BCUT2D eigenvalue weighted by Crippen LogP contribution is 2.36. The molecule has 1 heterocycles. The summed E-state index contributed by atoms with van der Waals surface area (Å²) in [6.45, 7) is 4.78. The SMILES string of the molecule is CCNc1ncnc(Sc2ccccc2[N+](=O)[O-])c1CC. The van der Waals surface area contributed by atoms with Crippen LogP contribution in [-0.2, 0) is 6.42 Å². The zero-order valence-corrected chi connectivity index (χ0v) is 12.7. The number of nitrogens with zero attached hydrogens (tertiary/aromatic N) is 3. The van der Waals surface area contributed by atoms with Crippen molar-refractivity contribution in [3.05, 3.63) is 46.3 Å². The Morgan fingerprint density at radius 3 is 2.71 bits per heavy atom. The van der Waals surface area contributed by atoms with Gasteiger partial charge in [0.2, 0.25) is 0 Å². The van der Waals surface area contributed by atoms with Crippen molar-refractivity contribution in [2.24, 2.45) is 0 Å². The van der Waals surface area contributed by atoms with Crippen LogP contribution in [0.1, 0.15) is 19.4 Å². The minimum Gasteiger partial charge on any atom is -0.370 e. The minimum atomic E-state index is -0.375. The summed E-state index contributed by atoms with van der Waals surface area (Å²) in [4.78, 5) is 19.8. The molecule has 1 aromatic heterocycles. The highest BCUT2D eigenvalue weighted by molar-refractivity contribution is 7.99. The lowest BCUT2D eigenvalue weighted by molar-refractivity contribution is -0.387. The molecule has 0 fully saturated rings. The number of benzene rings is 1. The molecule has 0 radical (unpaired) electrons. The van der Waals surface area contributed by atoms with Crippen LogP contribution in [-0.4, -0.2) is 21.4 Å². The highest BCUT2D eigenvalue weighted by Gasteiger charge is 2.17. The van der Waals surface area contributed by atoms with Gasteiger partial charge in [0.15, 0.2) is 0 Å². The first-order valence-electron chi connectivity index (χ1n) is 6.66. The molecule has 1 N–H and O–H groups in total. The molecule has 7 heteroatoms. The maximum Gasteiger partial charge on any atom is 0.283 e. The fraction of sp³-hybridized carbons (Fsp3) is 0.286. The third-order valence-electron chi connectivity index (χ3n) is 2.87. The molecule has 0 aliphatic rings. The second-order valence-electron chi connectivity index (χ2n) is 4.22. The maximum absolute atomic E-state index is 11.1. The van der Waals surface area contributed by atoms with Gasteiger partial charge in [0.05, 0.1) is 9.82 Å². The van der Waals surface area contributed by atoms with Crippen molar-refractivity contribution in [2.75, 3.05) is 11.9 Å². The van der Waals surface area contributed by atoms with Crippen LogP contribution in [0, 0.1) is 10.1 Å². The maximum atomic E-state index is 11.1. The number of nitro groups is 1. The van der Waals surface area contributed by atoms with Crippen molar-refractivity contribution in [3.8, 4) is 0 Å². The Labute approximate surface area is 127 Å². The molecule has 0 saturated heterocycles. The molecule has 6 nitrogen and oxygen atoms in total. The predicted molar refractivity (Wildman–Crippen MR) is 82.8 cm³/mol. The van der Waals surface area contributed by atoms with Crippen molar-refractivity contribution >= 4 is 23.3 Å². The predicted octanol–water partition coefficient (Wildman–Crippen LogP) is 3.53. The lowest BCUT2D eigenvalue weighted by Gasteiger charge is -2.11. The van der Waals surface area contributed by atoms with Gasteiger partial charge >= 0.3 is 0 Å². The van der Waals surface area contributed by atoms with E-state index in [9.17, 15) is 10.1 Å². The second kappa shape index (κ2) is 7.03. The van der Waals surface area contributed by atoms with Gasteiger partial charge in [-0.3, -0.25) is 10.1 Å². The van der Waals surface area contributed by atoms with Crippen molar-refractivity contribution in [1.29, 1.82) is 0 Å². The van der Waals surface area contributed by atoms with Gasteiger partial charge in [-0.05, 0) is 19.4 Å². The summed E-state index contributed by atoms with van der Waals surface area (Å²) >= 11 is 1.30. The summed E-state index contributed by atoms with van der Waals surface area (Å²) < 4.78 is 0. The molecular formula is C14H16N4O2S. The molecule has 0 spiro atoms. The van der Waals surface area contributed by atoms with E-state index in [-0.39, 0.29) is 10.6 Å². The van der Waals surface area contributed by atoms with Crippen molar-refractivity contribution < 1.29 is 4.92 Å². The van der Waals surface area contributed by atoms with Crippen molar-refractivity contribution in [1.82, 2.24) is 9.97 Å². The summed E-state index contributed by atoms with van der Waals surface area (Å²) in [6.07, 6.45) is 2.24. The Balaban J connectivity index is 2.40. The van der Waals surface area contributed by atoms with Crippen LogP contribution in [0.25, 0.3) is 0 Å². The van der Waals surface area contributed by atoms with E-state index in [1.54, 1.807) is 18.2 Å². The Kier molecular flexibility index (Phi) is 5.10. The molecule has 0 amide bonds. The summed E-state index contributed by atoms with van der Waals surface area (Å²) in [5.74, 6) is 0.788. The standard InChI is InChI=1S/C14H16N4O2S/c1-3-10-13(15-4-2)16-9-17-14(10)21-12-8-6-5-7-11(12)18(19)20/h5-9H,3-4H2,1-2H3,(H,15,16,17). The zero-order valence-electron chi connectivity index (χ0n) is 11.9. The Morgan fingerprint density at radius 1 is 1.29 bits per heavy atom. The van der Waals surface area contributed by atoms with Gasteiger partial charge in [-0.2, -0.15) is 0 Å². The van der Waals surface area contributed by atoms with E-state index in [2.05, 4.69) is 15.3 Å². The zero-order chi connectivity index (χ0) is 15.2. The van der Waals surface area contributed by atoms with Crippen molar-refractivity contribution in [3.63, 3.8) is 0 Å². The number of hydrogen-bond acceptors (Lipinski definition) is 6. The number of nitrogens with one attached hydrogen (secondary N) is 1. The lowest BCUT2D eigenvalue weighted by atomic mass is 10.2. The summed E-state index contributed by atoms with van der Waals surface area (Å²) in [5, 5.41) is 15.0. The topological polar surface area (TPSA) is 81.0 Å². The summed E-state index contributed by atoms with van der Waals surface area (Å²) in [6, 6.07) is 6.68. The van der Waals surface area contributed by atoms with Gasteiger partial charge in [0.25, 0.3) is 5.69 Å². The largest absolute Gasteiger partial charge is 0.370 e. The average Bonchev–Trinajstić information content (AvgIpc) is 2.48. The number of aromatic nitrogens is 2. The molecule has 110 valence electrons. The fourth-order valence-corrected chi connectivity index (χ4v) is 2.99. The minimum absolute atomic E-state index is 0.0909. The van der Waals surface area contributed by atoms with E-state index < -0.39 is 0 Å². The number of anilines is 1. The van der Waals surface area contributed by atoms with Crippen LogP contribution in [0.15, 0.2) is 40.5 Å². The van der Waals surface area contributed by atoms with E-state index in [1.807, 2.05) is 13.8 Å². The van der Waals surface area contributed by atoms with Gasteiger partial charge in [0.1, 0.15) is 17.2 Å². The van der Waals surface area contributed by atoms with Gasteiger partial charge in [0, 0.05) is 18.2 Å². The molecule has 21 heavy (non-hydrogen) atoms. The lowest BCUT2D eigenvalue weighted by Crippen LogP contribution is -2.05. The first-order valence-corrected chi connectivity index (χ1v) is 7.48. The average molecular weight is 304 g/mol. The monoisotopic (exact) mass is 304 g/mol. The Bertz CT molecular complexity index is 649. The van der Waals surface area contributed by atoms with Crippen LogP contribution in [0.4, 0.5) is 11.5 Å². The van der Waals surface area contributed by atoms with Crippen LogP contribution < -0.4 is 5.32 Å². The Hall–Kier alpha value is -2.15. The van der Waals surface area contributed by atoms with Gasteiger partial charge in [-0.1, -0.05) is 30.8 Å². The first kappa shape index (κ1) is 15.2. The first-order chi connectivity index (χ1) is 10.2. The number of rotatable bonds is 6.